The number of hydrogen-bond acceptors (Lipinski definition) is 2. The molecule has 0 unspecified atom stereocenters. The van der Waals surface area contributed by atoms with Crippen molar-refractivity contribution in [1.82, 2.24) is 0 Å². The fourth-order valence-electron chi connectivity index (χ4n) is 1.65. The third-order valence-corrected chi connectivity index (χ3v) is 2.65. The lowest BCUT2D eigenvalue weighted by Crippen LogP contribution is -2.34. The predicted molar refractivity (Wildman–Crippen MR) is 48.3 cm³/mol. The Morgan fingerprint density at radius 3 is 2.86 bits per heavy atom. The van der Waals surface area contributed by atoms with Crippen LogP contribution in [0.1, 0.15) is 17.9 Å². The molecule has 0 heterocycles. The Balaban J connectivity index is 2.25. The highest BCUT2D eigenvalue weighted by Crippen LogP contribution is 2.49. The first-order valence-electron chi connectivity index (χ1n) is 4.32. The minimum absolute atomic E-state index is 0.254. The first-order valence-corrected chi connectivity index (χ1v) is 4.32. The Hall–Kier alpha value is -1.42. The molecule has 1 aliphatic rings. The fraction of sp³-hybridized carbons (Fsp3) is 0.300. The van der Waals surface area contributed by atoms with Gasteiger partial charge in [-0.1, -0.05) is 12.1 Å². The molecule has 0 aromatic heterocycles. The average Bonchev–Trinajstić information content (AvgIpc) is 2.80. The van der Waals surface area contributed by atoms with Crippen LogP contribution in [0.2, 0.25) is 0 Å². The van der Waals surface area contributed by atoms with E-state index in [9.17, 15) is 9.18 Å². The van der Waals surface area contributed by atoms with Crippen LogP contribution >= 0.6 is 0 Å². The number of hydrogen-bond donors (Lipinski definition) is 2. The number of carbonyl (C=O) groups is 1. The zero-order valence-electron chi connectivity index (χ0n) is 7.40. The summed E-state index contributed by atoms with van der Waals surface area (Å²) in [6.07, 6.45) is 0.381. The van der Waals surface area contributed by atoms with Crippen molar-refractivity contribution in [3.8, 4) is 0 Å². The van der Waals surface area contributed by atoms with Crippen molar-refractivity contribution in [2.45, 2.75) is 17.9 Å². The van der Waals surface area contributed by atoms with Gasteiger partial charge in [0.1, 0.15) is 11.4 Å². The summed E-state index contributed by atoms with van der Waals surface area (Å²) in [4.78, 5) is 10.7. The van der Waals surface area contributed by atoms with E-state index in [4.69, 9.17) is 10.8 Å². The van der Waals surface area contributed by atoms with Crippen LogP contribution in [0.25, 0.3) is 0 Å². The van der Waals surface area contributed by atoms with Crippen LogP contribution in [-0.4, -0.2) is 16.6 Å². The van der Waals surface area contributed by atoms with Gasteiger partial charge in [-0.3, -0.25) is 4.79 Å². The van der Waals surface area contributed by atoms with Gasteiger partial charge in [0.05, 0.1) is 0 Å². The number of carboxylic acids is 1. The smallest absolute Gasteiger partial charge is 0.324 e. The summed E-state index contributed by atoms with van der Waals surface area (Å²) in [5, 5.41) is 8.79. The molecule has 1 aromatic rings. The fourth-order valence-corrected chi connectivity index (χ4v) is 1.65. The van der Waals surface area contributed by atoms with Crippen molar-refractivity contribution in [3.05, 3.63) is 35.6 Å². The van der Waals surface area contributed by atoms with Crippen LogP contribution in [0.15, 0.2) is 24.3 Å². The van der Waals surface area contributed by atoms with Gasteiger partial charge in [-0.25, -0.2) is 4.39 Å². The SMILES string of the molecule is N[C@@]1(C(=O)O)C[C@@H]1c1cccc(F)c1. The third kappa shape index (κ3) is 1.28. The van der Waals surface area contributed by atoms with E-state index in [1.807, 2.05) is 0 Å². The Morgan fingerprint density at radius 2 is 2.36 bits per heavy atom. The first kappa shape index (κ1) is 9.15. The molecule has 0 aliphatic heterocycles. The van der Waals surface area contributed by atoms with Crippen LogP contribution < -0.4 is 5.73 Å². The van der Waals surface area contributed by atoms with Gasteiger partial charge >= 0.3 is 5.97 Å². The molecule has 0 amide bonds. The molecule has 1 saturated carbocycles. The molecule has 4 heteroatoms. The van der Waals surface area contributed by atoms with Crippen molar-refractivity contribution >= 4 is 5.97 Å². The lowest BCUT2D eigenvalue weighted by Gasteiger charge is -2.04. The van der Waals surface area contributed by atoms with Gasteiger partial charge in [0.25, 0.3) is 0 Å². The number of halogens is 1. The van der Waals surface area contributed by atoms with Gasteiger partial charge in [-0.15, -0.1) is 0 Å². The molecular formula is C10H10FNO2. The largest absolute Gasteiger partial charge is 0.480 e. The second kappa shape index (κ2) is 2.78. The van der Waals surface area contributed by atoms with Crippen LogP contribution in [0.4, 0.5) is 4.39 Å². The van der Waals surface area contributed by atoms with Crippen molar-refractivity contribution in [2.24, 2.45) is 5.73 Å². The molecule has 3 nitrogen and oxygen atoms in total. The minimum Gasteiger partial charge on any atom is -0.480 e. The maximum Gasteiger partial charge on any atom is 0.324 e. The highest BCUT2D eigenvalue weighted by molar-refractivity contribution is 5.84. The van der Waals surface area contributed by atoms with E-state index in [-0.39, 0.29) is 11.7 Å². The zero-order valence-corrected chi connectivity index (χ0v) is 7.40. The van der Waals surface area contributed by atoms with Crippen LogP contribution in [0, 0.1) is 5.82 Å². The molecule has 1 fully saturated rings. The number of nitrogens with two attached hydrogens (primary N) is 1. The summed E-state index contributed by atoms with van der Waals surface area (Å²) < 4.78 is 12.8. The molecule has 0 spiro atoms. The van der Waals surface area contributed by atoms with E-state index in [1.54, 1.807) is 12.1 Å². The van der Waals surface area contributed by atoms with E-state index in [2.05, 4.69) is 0 Å². The minimum atomic E-state index is -1.19. The number of benzene rings is 1. The number of rotatable bonds is 2. The lowest BCUT2D eigenvalue weighted by atomic mass is 10.1. The third-order valence-electron chi connectivity index (χ3n) is 2.65. The standard InChI is InChI=1S/C10H10FNO2/c11-7-3-1-2-6(4-7)8-5-10(8,12)9(13)14/h1-4,8H,5,12H2,(H,13,14)/t8-,10+/m1/s1. The quantitative estimate of drug-likeness (QED) is 0.742. The first-order chi connectivity index (χ1) is 6.54. The van der Waals surface area contributed by atoms with Crippen molar-refractivity contribution in [3.63, 3.8) is 0 Å². The molecule has 1 aliphatic carbocycles. The summed E-state index contributed by atoms with van der Waals surface area (Å²) >= 11 is 0. The van der Waals surface area contributed by atoms with Crippen molar-refractivity contribution in [2.75, 3.05) is 0 Å². The van der Waals surface area contributed by atoms with E-state index < -0.39 is 11.5 Å². The van der Waals surface area contributed by atoms with Gasteiger partial charge in [-0.2, -0.15) is 0 Å². The molecule has 0 saturated heterocycles. The lowest BCUT2D eigenvalue weighted by molar-refractivity contribution is -0.139. The topological polar surface area (TPSA) is 63.3 Å². The average molecular weight is 195 g/mol. The molecule has 14 heavy (non-hydrogen) atoms. The Morgan fingerprint density at radius 1 is 1.64 bits per heavy atom. The maximum atomic E-state index is 12.8. The van der Waals surface area contributed by atoms with E-state index in [1.165, 1.54) is 12.1 Å². The number of aliphatic carboxylic acids is 1. The van der Waals surface area contributed by atoms with Gasteiger partial charge < -0.3 is 10.8 Å². The van der Waals surface area contributed by atoms with E-state index in [0.29, 0.717) is 12.0 Å². The van der Waals surface area contributed by atoms with Gasteiger partial charge in [0.15, 0.2) is 0 Å². The second-order valence-electron chi connectivity index (χ2n) is 3.66. The van der Waals surface area contributed by atoms with Gasteiger partial charge in [0.2, 0.25) is 0 Å². The van der Waals surface area contributed by atoms with Crippen LogP contribution in [-0.2, 0) is 4.79 Å². The summed E-state index contributed by atoms with van der Waals surface area (Å²) in [6.45, 7) is 0. The summed E-state index contributed by atoms with van der Waals surface area (Å²) in [7, 11) is 0. The highest BCUT2D eigenvalue weighted by Gasteiger charge is 2.58. The zero-order chi connectivity index (χ0) is 10.3. The molecular weight excluding hydrogens is 185 g/mol. The predicted octanol–water partition coefficient (Wildman–Crippen LogP) is 1.10. The van der Waals surface area contributed by atoms with E-state index >= 15 is 0 Å². The Kier molecular flexibility index (Phi) is 1.82. The normalized spacial score (nSPS) is 30.0. The van der Waals surface area contributed by atoms with Gasteiger partial charge in [-0.05, 0) is 24.1 Å². The monoisotopic (exact) mass is 195 g/mol. The molecule has 0 bridgehead atoms. The van der Waals surface area contributed by atoms with Crippen LogP contribution in [0.5, 0.6) is 0 Å². The maximum absolute atomic E-state index is 12.8. The van der Waals surface area contributed by atoms with Crippen molar-refractivity contribution < 1.29 is 14.3 Å². The Labute approximate surface area is 80.3 Å². The molecule has 3 N–H and O–H groups in total. The molecule has 74 valence electrons. The summed E-state index contributed by atoms with van der Waals surface area (Å²) in [5.41, 5.74) is 5.07. The summed E-state index contributed by atoms with van der Waals surface area (Å²) in [6, 6.07) is 5.92. The summed E-state index contributed by atoms with van der Waals surface area (Å²) in [5.74, 6) is -1.63. The molecule has 1 aromatic carbocycles. The highest BCUT2D eigenvalue weighted by atomic mass is 19.1. The van der Waals surface area contributed by atoms with E-state index in [0.717, 1.165) is 0 Å². The van der Waals surface area contributed by atoms with Crippen molar-refractivity contribution in [1.29, 1.82) is 0 Å². The number of carboxylic acid groups (broad SMARTS) is 1. The second-order valence-corrected chi connectivity index (χ2v) is 3.66. The molecule has 0 radical (unpaired) electrons. The molecule has 2 atom stereocenters. The Bertz CT molecular complexity index is 393. The van der Waals surface area contributed by atoms with Gasteiger partial charge in [0, 0.05) is 5.92 Å². The molecule has 2 rings (SSSR count). The van der Waals surface area contributed by atoms with Crippen LogP contribution in [0.3, 0.4) is 0 Å².